The topological polar surface area (TPSA) is 87.5 Å². The number of nitrogens with zero attached hydrogens (tertiary/aromatic N) is 4. The van der Waals surface area contributed by atoms with E-state index in [1.54, 1.807) is 18.7 Å². The lowest BCUT2D eigenvalue weighted by atomic mass is 10.0. The standard InChI is InChI=1S/C17H25N5O3/c1-10-14(11(2)20(5)19-10)12-7-6-8-21(12)13(23)9-22-15(24)17(3,4)18-16(22)25/h12H,6-9H2,1-5H3,(H,18,25)/t12-/m0/s1. The maximum Gasteiger partial charge on any atom is 0.325 e. The number of carbonyl (C=O) groups excluding carboxylic acids is 3. The van der Waals surface area contributed by atoms with E-state index < -0.39 is 11.6 Å². The second kappa shape index (κ2) is 5.86. The molecule has 0 aromatic carbocycles. The molecule has 1 atom stereocenters. The van der Waals surface area contributed by atoms with Crippen molar-refractivity contribution in [2.24, 2.45) is 7.05 Å². The van der Waals surface area contributed by atoms with Crippen molar-refractivity contribution in [3.05, 3.63) is 17.0 Å². The molecule has 0 unspecified atom stereocenters. The van der Waals surface area contributed by atoms with Gasteiger partial charge in [-0.25, -0.2) is 4.79 Å². The number of aryl methyl sites for hydroxylation is 2. The van der Waals surface area contributed by atoms with Crippen LogP contribution >= 0.6 is 0 Å². The monoisotopic (exact) mass is 347 g/mol. The van der Waals surface area contributed by atoms with Crippen LogP contribution in [0, 0.1) is 13.8 Å². The molecule has 2 aliphatic rings. The van der Waals surface area contributed by atoms with E-state index in [1.807, 2.05) is 25.6 Å². The van der Waals surface area contributed by atoms with Crippen LogP contribution in [0.4, 0.5) is 4.79 Å². The highest BCUT2D eigenvalue weighted by Gasteiger charge is 2.46. The third kappa shape index (κ3) is 2.79. The van der Waals surface area contributed by atoms with Gasteiger partial charge in [-0.3, -0.25) is 19.2 Å². The molecule has 2 fully saturated rings. The highest BCUT2D eigenvalue weighted by atomic mass is 16.2. The van der Waals surface area contributed by atoms with Crippen molar-refractivity contribution >= 4 is 17.8 Å². The average molecular weight is 347 g/mol. The average Bonchev–Trinajstić information content (AvgIpc) is 3.13. The Morgan fingerprint density at radius 2 is 2.00 bits per heavy atom. The van der Waals surface area contributed by atoms with Gasteiger partial charge in [0.2, 0.25) is 5.91 Å². The molecular formula is C17H25N5O3. The number of rotatable bonds is 3. The van der Waals surface area contributed by atoms with Crippen LogP contribution in [0.5, 0.6) is 0 Å². The molecule has 0 spiro atoms. The minimum atomic E-state index is -0.960. The molecule has 1 N–H and O–H groups in total. The van der Waals surface area contributed by atoms with Crippen LogP contribution in [0.25, 0.3) is 0 Å². The Bertz CT molecular complexity index is 752. The molecule has 2 saturated heterocycles. The number of carbonyl (C=O) groups is 3. The first kappa shape index (κ1) is 17.4. The molecule has 1 aromatic heterocycles. The summed E-state index contributed by atoms with van der Waals surface area (Å²) in [5, 5.41) is 7.05. The van der Waals surface area contributed by atoms with E-state index in [1.165, 1.54) is 0 Å². The molecule has 8 heteroatoms. The Balaban J connectivity index is 1.80. The number of nitrogens with one attached hydrogen (secondary N) is 1. The first-order chi connectivity index (χ1) is 11.6. The van der Waals surface area contributed by atoms with Crippen molar-refractivity contribution in [3.8, 4) is 0 Å². The summed E-state index contributed by atoms with van der Waals surface area (Å²) in [5.74, 6) is -0.568. The summed E-state index contributed by atoms with van der Waals surface area (Å²) >= 11 is 0. The Morgan fingerprint density at radius 1 is 1.32 bits per heavy atom. The SMILES string of the molecule is Cc1nn(C)c(C)c1[C@@H]1CCCN1C(=O)CN1C(=O)NC(C)(C)C1=O. The zero-order valence-corrected chi connectivity index (χ0v) is 15.4. The molecule has 0 aliphatic carbocycles. The fourth-order valence-electron chi connectivity index (χ4n) is 3.83. The van der Waals surface area contributed by atoms with Gasteiger partial charge < -0.3 is 10.2 Å². The first-order valence-corrected chi connectivity index (χ1v) is 8.57. The Kier molecular flexibility index (Phi) is 4.09. The molecule has 0 bridgehead atoms. The van der Waals surface area contributed by atoms with E-state index in [2.05, 4.69) is 10.4 Å². The summed E-state index contributed by atoms with van der Waals surface area (Å²) in [6.07, 6.45) is 1.76. The number of amides is 4. The number of urea groups is 1. The Labute approximate surface area is 147 Å². The first-order valence-electron chi connectivity index (χ1n) is 8.57. The molecule has 25 heavy (non-hydrogen) atoms. The number of imide groups is 1. The lowest BCUT2D eigenvalue weighted by Crippen LogP contribution is -2.44. The van der Waals surface area contributed by atoms with Gasteiger partial charge in [-0.2, -0.15) is 5.10 Å². The van der Waals surface area contributed by atoms with E-state index in [0.717, 1.165) is 34.7 Å². The van der Waals surface area contributed by atoms with E-state index in [4.69, 9.17) is 0 Å². The highest BCUT2D eigenvalue weighted by molar-refractivity contribution is 6.08. The smallest absolute Gasteiger partial charge is 0.325 e. The van der Waals surface area contributed by atoms with Crippen molar-refractivity contribution < 1.29 is 14.4 Å². The van der Waals surface area contributed by atoms with Crippen LogP contribution in [0.1, 0.15) is 49.7 Å². The van der Waals surface area contributed by atoms with Gasteiger partial charge >= 0.3 is 6.03 Å². The Hall–Kier alpha value is -2.38. The summed E-state index contributed by atoms with van der Waals surface area (Å²) in [6.45, 7) is 7.63. The van der Waals surface area contributed by atoms with Crippen molar-refractivity contribution in [2.75, 3.05) is 13.1 Å². The van der Waals surface area contributed by atoms with Gasteiger partial charge in [0.15, 0.2) is 0 Å². The summed E-state index contributed by atoms with van der Waals surface area (Å²) in [5.41, 5.74) is 2.07. The predicted octanol–water partition coefficient (Wildman–Crippen LogP) is 1.03. The lowest BCUT2D eigenvalue weighted by Gasteiger charge is -2.27. The van der Waals surface area contributed by atoms with Gasteiger partial charge in [0.05, 0.1) is 11.7 Å². The van der Waals surface area contributed by atoms with E-state index >= 15 is 0 Å². The normalized spacial score (nSPS) is 22.7. The van der Waals surface area contributed by atoms with Crippen LogP contribution in [0.3, 0.4) is 0 Å². The van der Waals surface area contributed by atoms with E-state index in [9.17, 15) is 14.4 Å². The fraction of sp³-hybridized carbons (Fsp3) is 0.647. The van der Waals surface area contributed by atoms with Crippen LogP contribution < -0.4 is 5.32 Å². The van der Waals surface area contributed by atoms with Gasteiger partial charge in [-0.15, -0.1) is 0 Å². The Morgan fingerprint density at radius 3 is 2.52 bits per heavy atom. The highest BCUT2D eigenvalue weighted by Crippen LogP contribution is 2.35. The lowest BCUT2D eigenvalue weighted by molar-refractivity contribution is -0.139. The fourth-order valence-corrected chi connectivity index (χ4v) is 3.83. The summed E-state index contributed by atoms with van der Waals surface area (Å²) in [7, 11) is 1.89. The van der Waals surface area contributed by atoms with Gasteiger partial charge in [0.25, 0.3) is 5.91 Å². The van der Waals surface area contributed by atoms with Crippen molar-refractivity contribution in [1.29, 1.82) is 0 Å². The van der Waals surface area contributed by atoms with Crippen LogP contribution in [-0.2, 0) is 16.6 Å². The molecular weight excluding hydrogens is 322 g/mol. The van der Waals surface area contributed by atoms with Gasteiger partial charge in [-0.05, 0) is 40.5 Å². The molecule has 2 aliphatic heterocycles. The largest absolute Gasteiger partial charge is 0.334 e. The van der Waals surface area contributed by atoms with E-state index in [0.29, 0.717) is 6.54 Å². The maximum atomic E-state index is 12.8. The second-order valence-corrected chi connectivity index (χ2v) is 7.40. The molecule has 4 amide bonds. The van der Waals surface area contributed by atoms with Gasteiger partial charge in [-0.1, -0.05) is 0 Å². The molecule has 0 radical (unpaired) electrons. The summed E-state index contributed by atoms with van der Waals surface area (Å²) < 4.78 is 1.83. The molecule has 136 valence electrons. The predicted molar refractivity (Wildman–Crippen MR) is 90.7 cm³/mol. The molecule has 1 aromatic rings. The molecule has 3 heterocycles. The van der Waals surface area contributed by atoms with Crippen LogP contribution in [0.2, 0.25) is 0 Å². The molecule has 0 saturated carbocycles. The zero-order valence-electron chi connectivity index (χ0n) is 15.4. The minimum Gasteiger partial charge on any atom is -0.334 e. The molecule has 8 nitrogen and oxygen atoms in total. The van der Waals surface area contributed by atoms with Gasteiger partial charge in [0.1, 0.15) is 12.1 Å². The quantitative estimate of drug-likeness (QED) is 0.827. The van der Waals surface area contributed by atoms with Gasteiger partial charge in [0, 0.05) is 24.8 Å². The third-order valence-corrected chi connectivity index (χ3v) is 5.21. The van der Waals surface area contributed by atoms with Crippen LogP contribution in [-0.4, -0.2) is 56.1 Å². The van der Waals surface area contributed by atoms with Crippen molar-refractivity contribution in [2.45, 2.75) is 52.1 Å². The number of aromatic nitrogens is 2. The third-order valence-electron chi connectivity index (χ3n) is 5.21. The van der Waals surface area contributed by atoms with Crippen molar-refractivity contribution in [3.63, 3.8) is 0 Å². The van der Waals surface area contributed by atoms with E-state index in [-0.39, 0.29) is 24.4 Å². The summed E-state index contributed by atoms with van der Waals surface area (Å²) in [4.78, 5) is 40.0. The van der Waals surface area contributed by atoms with Crippen LogP contribution in [0.15, 0.2) is 0 Å². The minimum absolute atomic E-state index is 0.0463. The second-order valence-electron chi connectivity index (χ2n) is 7.40. The number of hydrogen-bond donors (Lipinski definition) is 1. The van der Waals surface area contributed by atoms with Crippen molar-refractivity contribution in [1.82, 2.24) is 24.9 Å². The maximum absolute atomic E-state index is 12.8. The summed E-state index contributed by atoms with van der Waals surface area (Å²) in [6, 6.07) is -0.553. The number of hydrogen-bond acceptors (Lipinski definition) is 4. The zero-order chi connectivity index (χ0) is 18.5. The molecule has 3 rings (SSSR count). The number of likely N-dealkylation sites (tertiary alicyclic amines) is 1.